The average Bonchev–Trinajstić information content (AvgIpc) is 3.26. The van der Waals surface area contributed by atoms with E-state index < -0.39 is 52.6 Å². The van der Waals surface area contributed by atoms with Crippen LogP contribution in [0, 0.1) is 18.0 Å². The van der Waals surface area contributed by atoms with Crippen molar-refractivity contribution in [2.75, 3.05) is 0 Å². The van der Waals surface area contributed by atoms with Crippen LogP contribution in [0.25, 0.3) is 22.6 Å². The summed E-state index contributed by atoms with van der Waals surface area (Å²) in [6.45, 7) is 3.22. The minimum absolute atomic E-state index is 0. The second-order valence-electron chi connectivity index (χ2n) is 8.07. The van der Waals surface area contributed by atoms with Crippen LogP contribution in [0.2, 0.25) is 0 Å². The monoisotopic (exact) mass is 706 g/mol. The van der Waals surface area contributed by atoms with E-state index in [1.807, 2.05) is 0 Å². The Kier molecular flexibility index (Phi) is 7.60. The van der Waals surface area contributed by atoms with Gasteiger partial charge in [0.25, 0.3) is 0 Å². The first-order valence-electron chi connectivity index (χ1n) is 10.1. The van der Waals surface area contributed by atoms with E-state index in [4.69, 9.17) is 0 Å². The number of alkyl halides is 6. The van der Waals surface area contributed by atoms with E-state index in [0.717, 1.165) is 12.1 Å². The first-order chi connectivity index (χ1) is 16.7. The van der Waals surface area contributed by atoms with E-state index in [-0.39, 0.29) is 43.7 Å². The number of rotatable bonds is 4. The van der Waals surface area contributed by atoms with E-state index >= 15 is 0 Å². The van der Waals surface area contributed by atoms with Crippen molar-refractivity contribution < 1.29 is 56.2 Å². The molecule has 0 amide bonds. The molecule has 0 fully saturated rings. The van der Waals surface area contributed by atoms with Gasteiger partial charge in [-0.15, -0.1) is 6.07 Å². The van der Waals surface area contributed by atoms with Crippen LogP contribution in [0.3, 0.4) is 0 Å². The zero-order valence-corrected chi connectivity index (χ0v) is 20.9. The number of halogens is 8. The Bertz CT molecular complexity index is 1430. The molecule has 0 aromatic carbocycles. The molecular formula is C23H13F8N5Pt. The van der Waals surface area contributed by atoms with Crippen molar-refractivity contribution in [1.82, 2.24) is 24.9 Å². The molecule has 4 rings (SSSR count). The first-order valence-corrected chi connectivity index (χ1v) is 10.1. The van der Waals surface area contributed by atoms with Crippen LogP contribution in [0.5, 0.6) is 0 Å². The molecule has 0 saturated heterocycles. The Morgan fingerprint density at radius 2 is 1.32 bits per heavy atom. The minimum Gasteiger partial charge on any atom is -0.430 e. The summed E-state index contributed by atoms with van der Waals surface area (Å²) >= 11 is 0. The third-order valence-electron chi connectivity index (χ3n) is 5.21. The van der Waals surface area contributed by atoms with E-state index in [1.165, 1.54) is 30.3 Å². The molecule has 0 aliphatic heterocycles. The zero-order valence-electron chi connectivity index (χ0n) is 18.6. The summed E-state index contributed by atoms with van der Waals surface area (Å²) in [5.74, 6) is -4.15. The smallest absolute Gasteiger partial charge is 0.430 e. The molecule has 4 aromatic rings. The Labute approximate surface area is 218 Å². The van der Waals surface area contributed by atoms with Crippen molar-refractivity contribution >= 4 is 0 Å². The Morgan fingerprint density at radius 3 is 1.86 bits per heavy atom. The molecule has 0 bridgehead atoms. The second kappa shape index (κ2) is 9.92. The predicted octanol–water partition coefficient (Wildman–Crippen LogP) is 6.00. The number of aromatic nitrogens is 5. The van der Waals surface area contributed by atoms with E-state index in [2.05, 4.69) is 31.0 Å². The molecule has 0 atom stereocenters. The summed E-state index contributed by atoms with van der Waals surface area (Å²) in [5, 5.41) is 0. The normalized spacial score (nSPS) is 12.4. The van der Waals surface area contributed by atoms with Crippen molar-refractivity contribution in [3.05, 3.63) is 83.3 Å². The minimum atomic E-state index is -5.21. The van der Waals surface area contributed by atoms with Gasteiger partial charge in [0, 0.05) is 22.6 Å². The Hall–Kier alpha value is -3.21. The number of pyridine rings is 3. The fourth-order valence-electron chi connectivity index (χ4n) is 3.37. The standard InChI is InChI=1S/C23H13F8N5.Pt/c1-21(2,14-7-3-5-12(32-14)11-9-10-16(24)34-19(11)25)15-8-4-6-13(33-15)17-18(22(26,27)28)36-20(35-17)23(29,30)31;/h3-8,10H,1-2H3;/q-2;+2. The predicted molar refractivity (Wildman–Crippen MR) is 109 cm³/mol. The summed E-state index contributed by atoms with van der Waals surface area (Å²) < 4.78 is 107. The van der Waals surface area contributed by atoms with Crippen LogP contribution in [0.4, 0.5) is 35.1 Å². The van der Waals surface area contributed by atoms with Crippen molar-refractivity contribution in [3.63, 3.8) is 0 Å². The fourth-order valence-corrected chi connectivity index (χ4v) is 3.37. The largest absolute Gasteiger partial charge is 2.00 e. The molecule has 4 heterocycles. The third-order valence-corrected chi connectivity index (χ3v) is 5.21. The summed E-state index contributed by atoms with van der Waals surface area (Å²) in [6.07, 6.45) is -10.4. The van der Waals surface area contributed by atoms with E-state index in [0.29, 0.717) is 0 Å². The van der Waals surface area contributed by atoms with Gasteiger partial charge >= 0.3 is 33.4 Å². The van der Waals surface area contributed by atoms with Gasteiger partial charge < -0.3 is 15.0 Å². The summed E-state index contributed by atoms with van der Waals surface area (Å²) in [5.41, 5.74) is -4.22. The summed E-state index contributed by atoms with van der Waals surface area (Å²) in [6, 6.07) is 11.5. The molecule has 0 spiro atoms. The quantitative estimate of drug-likeness (QED) is 0.148. The molecule has 0 unspecified atom stereocenters. The average molecular weight is 706 g/mol. The van der Waals surface area contributed by atoms with Gasteiger partial charge in [-0.05, 0) is 43.4 Å². The first kappa shape index (κ1) is 28.4. The van der Waals surface area contributed by atoms with Gasteiger partial charge in [-0.25, -0.2) is 8.78 Å². The molecule has 4 aromatic heterocycles. The van der Waals surface area contributed by atoms with Crippen molar-refractivity contribution in [1.29, 1.82) is 0 Å². The molecule has 0 aliphatic rings. The fraction of sp³-hybridized carbons (Fsp3) is 0.217. The molecule has 0 aliphatic carbocycles. The maximum absolute atomic E-state index is 14.1. The molecular weight excluding hydrogens is 693 g/mol. The van der Waals surface area contributed by atoms with Crippen LogP contribution in [0.15, 0.2) is 42.5 Å². The Morgan fingerprint density at radius 1 is 0.757 bits per heavy atom. The van der Waals surface area contributed by atoms with Gasteiger partial charge in [0.05, 0.1) is 11.4 Å². The van der Waals surface area contributed by atoms with Gasteiger partial charge in [0.2, 0.25) is 0 Å². The summed E-state index contributed by atoms with van der Waals surface area (Å²) in [4.78, 5) is 17.3. The topological polar surface area (TPSA) is 65.7 Å². The van der Waals surface area contributed by atoms with Crippen molar-refractivity contribution in [3.8, 4) is 22.6 Å². The molecule has 0 N–H and O–H groups in total. The molecule has 37 heavy (non-hydrogen) atoms. The van der Waals surface area contributed by atoms with Gasteiger partial charge in [-0.3, -0.25) is 9.97 Å². The molecule has 0 radical (unpaired) electrons. The van der Waals surface area contributed by atoms with Crippen LogP contribution in [-0.4, -0.2) is 19.9 Å². The van der Waals surface area contributed by atoms with Crippen LogP contribution >= 0.6 is 0 Å². The van der Waals surface area contributed by atoms with Crippen LogP contribution in [-0.2, 0) is 38.8 Å². The molecule has 5 nitrogen and oxygen atoms in total. The van der Waals surface area contributed by atoms with E-state index in [9.17, 15) is 35.1 Å². The number of hydrogen-bond donors (Lipinski definition) is 0. The third kappa shape index (κ3) is 5.71. The number of imidazole rings is 1. The summed E-state index contributed by atoms with van der Waals surface area (Å²) in [7, 11) is 0. The Balaban J connectivity index is 0.00000380. The number of hydrogen-bond acceptors (Lipinski definition) is 4. The van der Waals surface area contributed by atoms with Gasteiger partial charge in [-0.2, -0.15) is 26.3 Å². The molecule has 14 heteroatoms. The van der Waals surface area contributed by atoms with Crippen molar-refractivity contribution in [2.45, 2.75) is 31.6 Å². The molecule has 0 saturated carbocycles. The SMILES string of the molecule is CC(C)(c1cccc(-c2[c-]cc(F)nc2F)n1)c1cccc(-c2[n-]c(C(F)(F)F)nc2C(F)(F)F)n1.[Pt+2]. The second-order valence-corrected chi connectivity index (χ2v) is 8.07. The molecule has 196 valence electrons. The number of nitrogens with zero attached hydrogens (tertiary/aromatic N) is 5. The van der Waals surface area contributed by atoms with Gasteiger partial charge in [0.1, 0.15) is 11.9 Å². The van der Waals surface area contributed by atoms with Gasteiger partial charge in [-0.1, -0.05) is 29.8 Å². The zero-order chi connectivity index (χ0) is 26.5. The van der Waals surface area contributed by atoms with Crippen LogP contribution in [0.1, 0.15) is 36.8 Å². The van der Waals surface area contributed by atoms with Crippen molar-refractivity contribution in [2.24, 2.45) is 0 Å². The van der Waals surface area contributed by atoms with E-state index in [1.54, 1.807) is 13.8 Å². The van der Waals surface area contributed by atoms with Gasteiger partial charge in [0.15, 0.2) is 0 Å². The maximum Gasteiger partial charge on any atom is 2.00 e. The maximum atomic E-state index is 14.1. The van der Waals surface area contributed by atoms with Crippen LogP contribution < -0.4 is 4.98 Å².